The van der Waals surface area contributed by atoms with Gasteiger partial charge < -0.3 is 9.47 Å². The number of hydrogen-bond donors (Lipinski definition) is 2. The minimum absolute atomic E-state index is 0.351. The van der Waals surface area contributed by atoms with Crippen LogP contribution in [0.3, 0.4) is 0 Å². The Kier molecular flexibility index (Phi) is 5.20. The molecule has 0 atom stereocenters. The molecule has 3 rings (SSSR count). The number of ether oxygens (including phenoxy) is 2. The predicted octanol–water partition coefficient (Wildman–Crippen LogP) is 2.59. The number of benzene rings is 2. The summed E-state index contributed by atoms with van der Waals surface area (Å²) in [5.74, 6) is 0.401. The van der Waals surface area contributed by atoms with E-state index in [0.29, 0.717) is 35.3 Å². The maximum absolute atomic E-state index is 11.9. The molecule has 0 bridgehead atoms. The quantitative estimate of drug-likeness (QED) is 0.653. The van der Waals surface area contributed by atoms with Gasteiger partial charge in [-0.1, -0.05) is 23.7 Å². The van der Waals surface area contributed by atoms with Crippen molar-refractivity contribution in [2.24, 2.45) is 0 Å². The molecule has 2 N–H and O–H groups in total. The van der Waals surface area contributed by atoms with Gasteiger partial charge in [0.1, 0.15) is 13.2 Å². The summed E-state index contributed by atoms with van der Waals surface area (Å²) in [5.41, 5.74) is 5.76. The van der Waals surface area contributed by atoms with Crippen molar-refractivity contribution in [2.45, 2.75) is 0 Å². The van der Waals surface area contributed by atoms with Crippen molar-refractivity contribution in [3.05, 3.63) is 64.7 Å². The Morgan fingerprint density at radius 1 is 1.00 bits per heavy atom. The summed E-state index contributed by atoms with van der Waals surface area (Å²) >= 11 is 5.82. The van der Waals surface area contributed by atoms with E-state index in [0.717, 1.165) is 5.56 Å². The second kappa shape index (κ2) is 7.72. The third-order valence-corrected chi connectivity index (χ3v) is 3.61. The maximum Gasteiger partial charge on any atom is 0.269 e. The van der Waals surface area contributed by atoms with Crippen LogP contribution in [-0.2, 0) is 4.79 Å². The van der Waals surface area contributed by atoms with E-state index in [9.17, 15) is 9.59 Å². The van der Waals surface area contributed by atoms with Gasteiger partial charge in [-0.05, 0) is 42.0 Å². The summed E-state index contributed by atoms with van der Waals surface area (Å²) in [4.78, 5) is 23.7. The first kappa shape index (κ1) is 16.9. The molecule has 0 spiro atoms. The lowest BCUT2D eigenvalue weighted by atomic mass is 10.2. The fraction of sp³-hybridized carbons (Fsp3) is 0.111. The zero-order valence-electron chi connectivity index (χ0n) is 13.1. The molecule has 0 radical (unpaired) electrons. The number of hydrazine groups is 1. The first-order valence-corrected chi connectivity index (χ1v) is 7.93. The number of halogens is 1. The predicted molar refractivity (Wildman–Crippen MR) is 93.5 cm³/mol. The van der Waals surface area contributed by atoms with Gasteiger partial charge in [-0.15, -0.1) is 0 Å². The van der Waals surface area contributed by atoms with Crippen LogP contribution < -0.4 is 20.3 Å². The van der Waals surface area contributed by atoms with Crippen LogP contribution in [-0.4, -0.2) is 25.0 Å². The Bertz CT molecular complexity index is 836. The fourth-order valence-corrected chi connectivity index (χ4v) is 2.39. The van der Waals surface area contributed by atoms with E-state index in [-0.39, 0.29) is 0 Å². The van der Waals surface area contributed by atoms with Crippen LogP contribution in [0.2, 0.25) is 5.02 Å². The highest BCUT2D eigenvalue weighted by atomic mass is 35.5. The normalized spacial score (nSPS) is 12.7. The molecule has 0 saturated heterocycles. The van der Waals surface area contributed by atoms with E-state index in [4.69, 9.17) is 21.1 Å². The summed E-state index contributed by atoms with van der Waals surface area (Å²) < 4.78 is 10.9. The molecule has 0 unspecified atom stereocenters. The maximum atomic E-state index is 11.9. The van der Waals surface area contributed by atoms with E-state index in [1.54, 1.807) is 36.4 Å². The Morgan fingerprint density at radius 2 is 1.80 bits per heavy atom. The Hall–Kier alpha value is -2.99. The Labute approximate surface area is 149 Å². The molecular formula is C18H15ClN2O4. The largest absolute Gasteiger partial charge is 0.486 e. The van der Waals surface area contributed by atoms with Crippen LogP contribution in [0.25, 0.3) is 6.08 Å². The molecule has 1 heterocycles. The van der Waals surface area contributed by atoms with Gasteiger partial charge in [0.2, 0.25) is 0 Å². The van der Waals surface area contributed by atoms with E-state index in [1.165, 1.54) is 12.1 Å². The molecule has 1 aliphatic rings. The third-order valence-electron chi connectivity index (χ3n) is 3.38. The van der Waals surface area contributed by atoms with Gasteiger partial charge in [-0.25, -0.2) is 0 Å². The van der Waals surface area contributed by atoms with Crippen molar-refractivity contribution in [1.82, 2.24) is 10.9 Å². The average molecular weight is 359 g/mol. The lowest BCUT2D eigenvalue weighted by molar-refractivity contribution is -0.117. The molecule has 0 aliphatic carbocycles. The summed E-state index contributed by atoms with van der Waals surface area (Å²) in [7, 11) is 0. The number of nitrogens with one attached hydrogen (secondary N) is 2. The monoisotopic (exact) mass is 358 g/mol. The summed E-state index contributed by atoms with van der Waals surface area (Å²) in [6, 6.07) is 11.8. The molecule has 2 aromatic carbocycles. The van der Waals surface area contributed by atoms with Crippen LogP contribution in [0.5, 0.6) is 11.5 Å². The van der Waals surface area contributed by atoms with Crippen LogP contribution in [0.4, 0.5) is 0 Å². The van der Waals surface area contributed by atoms with E-state index >= 15 is 0 Å². The Balaban J connectivity index is 1.55. The van der Waals surface area contributed by atoms with Crippen LogP contribution in [0.15, 0.2) is 48.5 Å². The zero-order valence-corrected chi connectivity index (χ0v) is 13.9. The third kappa shape index (κ3) is 4.51. The standard InChI is InChI=1S/C18H15ClN2O4/c19-14-3-1-2-13(11-14)18(23)21-20-17(22)7-5-12-4-6-15-16(10-12)25-9-8-24-15/h1-7,10-11H,8-9H2,(H,20,22)(H,21,23)/b7-5+. The highest BCUT2D eigenvalue weighted by Crippen LogP contribution is 2.31. The van der Waals surface area contributed by atoms with Gasteiger partial charge >= 0.3 is 0 Å². The summed E-state index contributed by atoms with van der Waals surface area (Å²) in [6.07, 6.45) is 2.92. The lowest BCUT2D eigenvalue weighted by Gasteiger charge is -2.18. The molecule has 7 heteroatoms. The first-order chi connectivity index (χ1) is 12.1. The van der Waals surface area contributed by atoms with E-state index < -0.39 is 11.8 Å². The molecule has 0 saturated carbocycles. The van der Waals surface area contributed by atoms with Crippen molar-refractivity contribution in [3.8, 4) is 11.5 Å². The summed E-state index contributed by atoms with van der Waals surface area (Å²) in [5, 5.41) is 0.442. The van der Waals surface area contributed by atoms with Crippen molar-refractivity contribution < 1.29 is 19.1 Å². The van der Waals surface area contributed by atoms with E-state index in [1.807, 2.05) is 6.07 Å². The van der Waals surface area contributed by atoms with E-state index in [2.05, 4.69) is 10.9 Å². The minimum Gasteiger partial charge on any atom is -0.486 e. The molecular weight excluding hydrogens is 344 g/mol. The molecule has 2 amide bonds. The zero-order chi connectivity index (χ0) is 17.6. The van der Waals surface area contributed by atoms with Gasteiger partial charge in [0.15, 0.2) is 11.5 Å². The molecule has 0 fully saturated rings. The van der Waals surface area contributed by atoms with Crippen LogP contribution in [0, 0.1) is 0 Å². The number of hydrogen-bond acceptors (Lipinski definition) is 4. The second-order valence-corrected chi connectivity index (χ2v) is 5.63. The molecule has 0 aromatic heterocycles. The number of carbonyl (C=O) groups is 2. The van der Waals surface area contributed by atoms with Crippen LogP contribution in [0.1, 0.15) is 15.9 Å². The molecule has 25 heavy (non-hydrogen) atoms. The van der Waals surface area contributed by atoms with Crippen molar-refractivity contribution >= 4 is 29.5 Å². The molecule has 128 valence electrons. The number of fused-ring (bicyclic) bond motifs is 1. The van der Waals surface area contributed by atoms with Crippen molar-refractivity contribution in [3.63, 3.8) is 0 Å². The molecule has 6 nitrogen and oxygen atoms in total. The average Bonchev–Trinajstić information content (AvgIpc) is 2.64. The van der Waals surface area contributed by atoms with Gasteiger partial charge in [0.05, 0.1) is 0 Å². The number of amides is 2. The molecule has 1 aliphatic heterocycles. The fourth-order valence-electron chi connectivity index (χ4n) is 2.20. The van der Waals surface area contributed by atoms with Gasteiger partial charge in [0, 0.05) is 16.7 Å². The highest BCUT2D eigenvalue weighted by molar-refractivity contribution is 6.30. The minimum atomic E-state index is -0.467. The smallest absolute Gasteiger partial charge is 0.269 e. The highest BCUT2D eigenvalue weighted by Gasteiger charge is 2.11. The van der Waals surface area contributed by atoms with Crippen molar-refractivity contribution in [1.29, 1.82) is 0 Å². The van der Waals surface area contributed by atoms with Crippen molar-refractivity contribution in [2.75, 3.05) is 13.2 Å². The lowest BCUT2D eigenvalue weighted by Crippen LogP contribution is -2.40. The number of carbonyl (C=O) groups excluding carboxylic acids is 2. The SMILES string of the molecule is O=C(/C=C/c1ccc2c(c1)OCCO2)NNC(=O)c1cccc(Cl)c1. The molecule has 2 aromatic rings. The van der Waals surface area contributed by atoms with Gasteiger partial charge in [-0.2, -0.15) is 0 Å². The first-order valence-electron chi connectivity index (χ1n) is 7.55. The van der Waals surface area contributed by atoms with Gasteiger partial charge in [-0.3, -0.25) is 20.4 Å². The van der Waals surface area contributed by atoms with Gasteiger partial charge in [0.25, 0.3) is 11.8 Å². The van der Waals surface area contributed by atoms with Crippen LogP contribution >= 0.6 is 11.6 Å². The topological polar surface area (TPSA) is 76.7 Å². The second-order valence-electron chi connectivity index (χ2n) is 5.19. The number of rotatable bonds is 3. The Morgan fingerprint density at radius 3 is 2.60 bits per heavy atom. The summed E-state index contributed by atoms with van der Waals surface area (Å²) in [6.45, 7) is 1.02.